The van der Waals surface area contributed by atoms with Crippen LogP contribution in [0.25, 0.3) is 11.4 Å². The number of hydrogen-bond acceptors (Lipinski definition) is 5. The van der Waals surface area contributed by atoms with E-state index in [1.165, 1.54) is 4.90 Å². The van der Waals surface area contributed by atoms with Crippen LogP contribution in [0.4, 0.5) is 0 Å². The van der Waals surface area contributed by atoms with Crippen LogP contribution in [-0.2, 0) is 11.3 Å². The van der Waals surface area contributed by atoms with E-state index in [2.05, 4.69) is 10.1 Å². The molecule has 0 bridgehead atoms. The fraction of sp³-hybridized carbons (Fsp3) is 0.211. The third-order valence-electron chi connectivity index (χ3n) is 3.75. The molecule has 3 rings (SSSR count). The molecule has 26 heavy (non-hydrogen) atoms. The van der Waals surface area contributed by atoms with Crippen LogP contribution in [0, 0.1) is 6.92 Å². The van der Waals surface area contributed by atoms with E-state index in [-0.39, 0.29) is 19.1 Å². The van der Waals surface area contributed by atoms with Gasteiger partial charge in [0, 0.05) is 17.6 Å². The van der Waals surface area contributed by atoms with Crippen LogP contribution in [-0.4, -0.2) is 34.6 Å². The predicted octanol–water partition coefficient (Wildman–Crippen LogP) is 3.74. The van der Waals surface area contributed by atoms with Crippen molar-refractivity contribution in [3.8, 4) is 17.1 Å². The first-order valence-electron chi connectivity index (χ1n) is 8.03. The van der Waals surface area contributed by atoms with E-state index in [9.17, 15) is 4.79 Å². The van der Waals surface area contributed by atoms with Crippen LogP contribution in [0.3, 0.4) is 0 Å². The van der Waals surface area contributed by atoms with Gasteiger partial charge in [-0.3, -0.25) is 4.79 Å². The maximum absolute atomic E-state index is 12.2. The minimum atomic E-state index is -0.184. The number of benzene rings is 2. The van der Waals surface area contributed by atoms with E-state index < -0.39 is 0 Å². The van der Waals surface area contributed by atoms with Crippen molar-refractivity contribution in [2.75, 3.05) is 13.7 Å². The Bertz CT molecular complexity index is 876. The fourth-order valence-corrected chi connectivity index (χ4v) is 2.34. The summed E-state index contributed by atoms with van der Waals surface area (Å²) in [7, 11) is 1.66. The Morgan fingerprint density at radius 2 is 1.85 bits per heavy atom. The zero-order valence-electron chi connectivity index (χ0n) is 14.5. The molecule has 7 heteroatoms. The number of likely N-dealkylation sites (N-methyl/N-ethyl adjacent to an activating group) is 1. The molecular formula is C19H18ClN3O3. The second-order valence-electron chi connectivity index (χ2n) is 5.87. The van der Waals surface area contributed by atoms with Crippen LogP contribution in [0.1, 0.15) is 11.5 Å². The lowest BCUT2D eigenvalue weighted by Crippen LogP contribution is -2.31. The molecule has 0 radical (unpaired) electrons. The van der Waals surface area contributed by atoms with E-state index in [0.717, 1.165) is 11.1 Å². The summed E-state index contributed by atoms with van der Waals surface area (Å²) < 4.78 is 10.7. The summed E-state index contributed by atoms with van der Waals surface area (Å²) in [6.07, 6.45) is 0. The summed E-state index contributed by atoms with van der Waals surface area (Å²) in [6, 6.07) is 14.6. The average Bonchev–Trinajstić information content (AvgIpc) is 3.10. The molecule has 0 aliphatic carbocycles. The summed E-state index contributed by atoms with van der Waals surface area (Å²) >= 11 is 5.87. The van der Waals surface area contributed by atoms with Gasteiger partial charge in [0.05, 0.1) is 6.54 Å². The number of aryl methyl sites for hydroxylation is 1. The maximum Gasteiger partial charge on any atom is 0.260 e. The molecule has 0 aliphatic rings. The molecule has 0 N–H and O–H groups in total. The molecule has 0 unspecified atom stereocenters. The molecule has 0 fully saturated rings. The van der Waals surface area contributed by atoms with Gasteiger partial charge in [0.15, 0.2) is 6.61 Å². The van der Waals surface area contributed by atoms with Crippen LogP contribution in [0.2, 0.25) is 5.02 Å². The van der Waals surface area contributed by atoms with Crippen LogP contribution in [0.5, 0.6) is 5.75 Å². The smallest absolute Gasteiger partial charge is 0.260 e. The van der Waals surface area contributed by atoms with Crippen molar-refractivity contribution in [1.82, 2.24) is 15.0 Å². The van der Waals surface area contributed by atoms with Crippen LogP contribution < -0.4 is 4.74 Å². The summed E-state index contributed by atoms with van der Waals surface area (Å²) in [5, 5.41) is 4.57. The van der Waals surface area contributed by atoms with Gasteiger partial charge in [0.2, 0.25) is 11.7 Å². The molecule has 134 valence electrons. The first-order chi connectivity index (χ1) is 12.5. The SMILES string of the molecule is Cc1ccc(OCC(=O)N(C)Cc2nc(-c3ccc(Cl)cc3)no2)cc1. The van der Waals surface area contributed by atoms with Crippen LogP contribution >= 0.6 is 11.6 Å². The van der Waals surface area contributed by atoms with E-state index in [1.807, 2.05) is 31.2 Å². The Kier molecular flexibility index (Phi) is 5.53. The molecule has 0 saturated heterocycles. The standard InChI is InChI=1S/C19H18ClN3O3/c1-13-3-9-16(10-4-13)25-12-18(24)23(2)11-17-21-19(22-26-17)14-5-7-15(20)8-6-14/h3-10H,11-12H2,1-2H3. The molecule has 0 spiro atoms. The third-order valence-corrected chi connectivity index (χ3v) is 4.00. The summed E-state index contributed by atoms with van der Waals surface area (Å²) in [5.74, 6) is 1.27. The van der Waals surface area contributed by atoms with E-state index in [4.69, 9.17) is 20.9 Å². The van der Waals surface area contributed by atoms with Crippen molar-refractivity contribution in [3.05, 3.63) is 65.0 Å². The molecule has 0 aliphatic heterocycles. The first kappa shape index (κ1) is 17.9. The van der Waals surface area contributed by atoms with E-state index >= 15 is 0 Å². The van der Waals surface area contributed by atoms with Crippen molar-refractivity contribution in [3.63, 3.8) is 0 Å². The lowest BCUT2D eigenvalue weighted by Gasteiger charge is -2.15. The van der Waals surface area contributed by atoms with Crippen molar-refractivity contribution in [1.29, 1.82) is 0 Å². The highest BCUT2D eigenvalue weighted by Gasteiger charge is 2.15. The summed E-state index contributed by atoms with van der Waals surface area (Å²) in [5.41, 5.74) is 1.93. The minimum absolute atomic E-state index is 0.0578. The number of carbonyl (C=O) groups excluding carboxylic acids is 1. The highest BCUT2D eigenvalue weighted by Crippen LogP contribution is 2.19. The molecule has 0 saturated carbocycles. The van der Waals surface area contributed by atoms with Gasteiger partial charge in [0.1, 0.15) is 5.75 Å². The highest BCUT2D eigenvalue weighted by atomic mass is 35.5. The minimum Gasteiger partial charge on any atom is -0.484 e. The van der Waals surface area contributed by atoms with Crippen LogP contribution in [0.15, 0.2) is 53.1 Å². The monoisotopic (exact) mass is 371 g/mol. The van der Waals surface area contributed by atoms with Gasteiger partial charge in [0.25, 0.3) is 5.91 Å². The van der Waals surface area contributed by atoms with Gasteiger partial charge in [-0.2, -0.15) is 4.98 Å². The number of hydrogen-bond donors (Lipinski definition) is 0. The summed E-state index contributed by atoms with van der Waals surface area (Å²) in [4.78, 5) is 18.0. The molecule has 6 nitrogen and oxygen atoms in total. The van der Waals surface area contributed by atoms with Gasteiger partial charge in [-0.25, -0.2) is 0 Å². The Morgan fingerprint density at radius 3 is 2.54 bits per heavy atom. The van der Waals surface area contributed by atoms with Gasteiger partial charge < -0.3 is 14.2 Å². The molecule has 0 atom stereocenters. The number of amides is 1. The Hall–Kier alpha value is -2.86. The Balaban J connectivity index is 1.55. The number of nitrogens with zero attached hydrogens (tertiary/aromatic N) is 3. The van der Waals surface area contributed by atoms with Gasteiger partial charge in [-0.05, 0) is 43.3 Å². The number of ether oxygens (including phenoxy) is 1. The fourth-order valence-electron chi connectivity index (χ4n) is 2.22. The van der Waals surface area contributed by atoms with E-state index in [0.29, 0.717) is 22.5 Å². The maximum atomic E-state index is 12.2. The number of rotatable bonds is 6. The lowest BCUT2D eigenvalue weighted by molar-refractivity contribution is -0.132. The van der Waals surface area contributed by atoms with Gasteiger partial charge in [-0.15, -0.1) is 0 Å². The quantitative estimate of drug-likeness (QED) is 0.660. The lowest BCUT2D eigenvalue weighted by atomic mass is 10.2. The van der Waals surface area contributed by atoms with Crippen molar-refractivity contribution in [2.24, 2.45) is 0 Å². The molecular weight excluding hydrogens is 354 g/mol. The molecule has 1 heterocycles. The molecule has 2 aromatic carbocycles. The second kappa shape index (κ2) is 8.01. The third kappa shape index (κ3) is 4.61. The first-order valence-corrected chi connectivity index (χ1v) is 8.41. The van der Waals surface area contributed by atoms with Crippen molar-refractivity contribution < 1.29 is 14.1 Å². The number of aromatic nitrogens is 2. The molecule has 3 aromatic rings. The van der Waals surface area contributed by atoms with Gasteiger partial charge in [-0.1, -0.05) is 34.5 Å². The summed E-state index contributed by atoms with van der Waals surface area (Å²) in [6.45, 7) is 2.14. The topological polar surface area (TPSA) is 68.5 Å². The Morgan fingerprint density at radius 1 is 1.15 bits per heavy atom. The van der Waals surface area contributed by atoms with E-state index in [1.54, 1.807) is 31.3 Å². The predicted molar refractivity (Wildman–Crippen MR) is 97.9 cm³/mol. The number of halogens is 1. The molecule has 1 amide bonds. The van der Waals surface area contributed by atoms with Crippen molar-refractivity contribution >= 4 is 17.5 Å². The average molecular weight is 372 g/mol. The zero-order valence-corrected chi connectivity index (χ0v) is 15.2. The normalized spacial score (nSPS) is 10.6. The second-order valence-corrected chi connectivity index (χ2v) is 6.31. The molecule has 1 aromatic heterocycles. The van der Waals surface area contributed by atoms with Crippen molar-refractivity contribution in [2.45, 2.75) is 13.5 Å². The zero-order chi connectivity index (χ0) is 18.5. The largest absolute Gasteiger partial charge is 0.484 e. The van der Waals surface area contributed by atoms with Gasteiger partial charge >= 0.3 is 0 Å². The highest BCUT2D eigenvalue weighted by molar-refractivity contribution is 6.30. The number of carbonyl (C=O) groups is 1. The Labute approximate surface area is 156 Å².